The number of hydrogen-bond donors (Lipinski definition) is 0. The summed E-state index contributed by atoms with van der Waals surface area (Å²) in [6, 6.07) is 0.967. The lowest BCUT2D eigenvalue weighted by Gasteiger charge is -2.43. The Labute approximate surface area is 93.4 Å². The van der Waals surface area contributed by atoms with Crippen LogP contribution in [0.4, 0.5) is 4.39 Å². The van der Waals surface area contributed by atoms with E-state index in [9.17, 15) is 4.39 Å². The third-order valence-corrected chi connectivity index (χ3v) is 3.29. The second-order valence-electron chi connectivity index (χ2n) is 5.27. The van der Waals surface area contributed by atoms with E-state index in [1.54, 1.807) is 0 Å². The van der Waals surface area contributed by atoms with E-state index in [-0.39, 0.29) is 6.04 Å². The van der Waals surface area contributed by atoms with Crippen LogP contribution in [0.25, 0.3) is 0 Å². The van der Waals surface area contributed by atoms with Crippen molar-refractivity contribution in [3.05, 3.63) is 0 Å². The first-order valence-corrected chi connectivity index (χ1v) is 6.03. The average Bonchev–Trinajstić information content (AvgIpc) is 2.08. The fraction of sp³-hybridized carbons (Fsp3) is 1.00. The van der Waals surface area contributed by atoms with Gasteiger partial charge in [-0.15, -0.1) is 0 Å². The van der Waals surface area contributed by atoms with E-state index < -0.39 is 6.17 Å². The molecule has 1 saturated heterocycles. The van der Waals surface area contributed by atoms with E-state index in [4.69, 9.17) is 0 Å². The van der Waals surface area contributed by atoms with Crippen LogP contribution < -0.4 is 0 Å². The van der Waals surface area contributed by atoms with Crippen molar-refractivity contribution in [1.29, 1.82) is 0 Å². The van der Waals surface area contributed by atoms with Gasteiger partial charge in [-0.2, -0.15) is 0 Å². The van der Waals surface area contributed by atoms with Gasteiger partial charge in [-0.3, -0.25) is 4.90 Å². The van der Waals surface area contributed by atoms with Crippen LogP contribution in [0.2, 0.25) is 0 Å². The minimum absolute atomic E-state index is 0.112. The molecule has 1 rings (SSSR count). The zero-order chi connectivity index (χ0) is 11.6. The average molecular weight is 216 g/mol. The fourth-order valence-corrected chi connectivity index (χ4v) is 2.74. The molecule has 0 radical (unpaired) electrons. The molecule has 0 N–H and O–H groups in total. The Hall–Kier alpha value is -0.150. The Morgan fingerprint density at radius 2 is 1.73 bits per heavy atom. The van der Waals surface area contributed by atoms with Crippen molar-refractivity contribution in [2.24, 2.45) is 0 Å². The maximum Gasteiger partial charge on any atom is 0.128 e. The van der Waals surface area contributed by atoms with Crippen LogP contribution in [0.1, 0.15) is 34.1 Å². The monoisotopic (exact) mass is 216 g/mol. The van der Waals surface area contributed by atoms with E-state index in [0.29, 0.717) is 18.6 Å². The molecule has 1 heterocycles. The zero-order valence-corrected chi connectivity index (χ0v) is 10.7. The van der Waals surface area contributed by atoms with Crippen LogP contribution in [-0.2, 0) is 0 Å². The van der Waals surface area contributed by atoms with E-state index in [0.717, 1.165) is 13.0 Å². The second-order valence-corrected chi connectivity index (χ2v) is 5.27. The molecule has 1 fully saturated rings. The zero-order valence-electron chi connectivity index (χ0n) is 10.7. The standard InChI is InChI=1S/C12H25FN2/c1-9(2)15(10(3)4)12-6-7-14(5)8-11(12)13/h9-12H,6-8H2,1-5H3. The maximum atomic E-state index is 14.0. The van der Waals surface area contributed by atoms with Gasteiger partial charge in [-0.05, 0) is 47.7 Å². The van der Waals surface area contributed by atoms with Gasteiger partial charge < -0.3 is 4.90 Å². The van der Waals surface area contributed by atoms with Crippen LogP contribution in [0, 0.1) is 0 Å². The highest BCUT2D eigenvalue weighted by Crippen LogP contribution is 2.22. The fourth-order valence-electron chi connectivity index (χ4n) is 2.74. The van der Waals surface area contributed by atoms with Crippen molar-refractivity contribution in [1.82, 2.24) is 9.80 Å². The molecule has 1 aliphatic rings. The highest BCUT2D eigenvalue weighted by atomic mass is 19.1. The lowest BCUT2D eigenvalue weighted by molar-refractivity contribution is 0.00820. The Kier molecular flexibility index (Phi) is 4.53. The molecule has 1 aliphatic heterocycles. The van der Waals surface area contributed by atoms with Crippen molar-refractivity contribution in [2.75, 3.05) is 20.1 Å². The van der Waals surface area contributed by atoms with Gasteiger partial charge in [0.1, 0.15) is 6.17 Å². The molecule has 0 aromatic rings. The molecule has 0 aliphatic carbocycles. The van der Waals surface area contributed by atoms with Crippen molar-refractivity contribution in [2.45, 2.75) is 58.4 Å². The van der Waals surface area contributed by atoms with Crippen LogP contribution in [0.3, 0.4) is 0 Å². The molecule has 0 amide bonds. The van der Waals surface area contributed by atoms with E-state index in [2.05, 4.69) is 37.5 Å². The summed E-state index contributed by atoms with van der Waals surface area (Å²) in [7, 11) is 2.00. The van der Waals surface area contributed by atoms with E-state index in [1.807, 2.05) is 7.05 Å². The number of likely N-dealkylation sites (tertiary alicyclic amines) is 1. The van der Waals surface area contributed by atoms with Crippen molar-refractivity contribution < 1.29 is 4.39 Å². The first kappa shape index (κ1) is 12.9. The topological polar surface area (TPSA) is 6.48 Å². The highest BCUT2D eigenvalue weighted by Gasteiger charge is 2.34. The molecule has 0 saturated carbocycles. The van der Waals surface area contributed by atoms with Crippen LogP contribution in [-0.4, -0.2) is 54.2 Å². The van der Waals surface area contributed by atoms with Crippen molar-refractivity contribution in [3.8, 4) is 0 Å². The molecule has 3 heteroatoms. The number of nitrogens with zero attached hydrogens (tertiary/aromatic N) is 2. The molecule has 2 nitrogen and oxygen atoms in total. The molecule has 90 valence electrons. The van der Waals surface area contributed by atoms with Gasteiger partial charge in [0.05, 0.1) is 0 Å². The maximum absolute atomic E-state index is 14.0. The van der Waals surface area contributed by atoms with Crippen LogP contribution >= 0.6 is 0 Å². The molecule has 2 unspecified atom stereocenters. The number of rotatable bonds is 3. The van der Waals surface area contributed by atoms with Gasteiger partial charge in [-0.25, -0.2) is 4.39 Å². The summed E-state index contributed by atoms with van der Waals surface area (Å²) in [4.78, 5) is 4.40. The smallest absolute Gasteiger partial charge is 0.128 e. The summed E-state index contributed by atoms with van der Waals surface area (Å²) in [5, 5.41) is 0. The molecular formula is C12H25FN2. The number of hydrogen-bond acceptors (Lipinski definition) is 2. The SMILES string of the molecule is CC(C)N(C(C)C)C1CCN(C)CC1F. The summed E-state index contributed by atoms with van der Waals surface area (Å²) >= 11 is 0. The third kappa shape index (κ3) is 3.15. The third-order valence-electron chi connectivity index (χ3n) is 3.29. The van der Waals surface area contributed by atoms with Gasteiger partial charge in [0, 0.05) is 24.7 Å². The van der Waals surface area contributed by atoms with E-state index in [1.165, 1.54) is 0 Å². The van der Waals surface area contributed by atoms with Gasteiger partial charge in [0.15, 0.2) is 0 Å². The summed E-state index contributed by atoms with van der Waals surface area (Å²) in [5.74, 6) is 0. The van der Waals surface area contributed by atoms with Crippen molar-refractivity contribution >= 4 is 0 Å². The van der Waals surface area contributed by atoms with Gasteiger partial charge in [0.2, 0.25) is 0 Å². The quantitative estimate of drug-likeness (QED) is 0.713. The van der Waals surface area contributed by atoms with Gasteiger partial charge >= 0.3 is 0 Å². The minimum atomic E-state index is -0.700. The Bertz CT molecular complexity index is 186. The number of piperidine rings is 1. The van der Waals surface area contributed by atoms with Crippen LogP contribution in [0.5, 0.6) is 0 Å². The molecule has 2 atom stereocenters. The summed E-state index contributed by atoms with van der Waals surface area (Å²) in [6.45, 7) is 10.2. The first-order chi connectivity index (χ1) is 6.93. The largest absolute Gasteiger partial charge is 0.303 e. The molecule has 15 heavy (non-hydrogen) atoms. The summed E-state index contributed by atoms with van der Waals surface area (Å²) < 4.78 is 14.0. The van der Waals surface area contributed by atoms with Crippen LogP contribution in [0.15, 0.2) is 0 Å². The minimum Gasteiger partial charge on any atom is -0.303 e. The number of alkyl halides is 1. The van der Waals surface area contributed by atoms with E-state index >= 15 is 0 Å². The normalized spacial score (nSPS) is 29.4. The molecule has 0 spiro atoms. The van der Waals surface area contributed by atoms with Gasteiger partial charge in [0.25, 0.3) is 0 Å². The van der Waals surface area contributed by atoms with Gasteiger partial charge in [-0.1, -0.05) is 0 Å². The van der Waals surface area contributed by atoms with Crippen molar-refractivity contribution in [3.63, 3.8) is 0 Å². The Balaban J connectivity index is 2.67. The second kappa shape index (κ2) is 5.26. The summed E-state index contributed by atoms with van der Waals surface area (Å²) in [5.41, 5.74) is 0. The molecule has 0 bridgehead atoms. The first-order valence-electron chi connectivity index (χ1n) is 6.03. The molecular weight excluding hydrogens is 191 g/mol. The highest BCUT2D eigenvalue weighted by molar-refractivity contribution is 4.89. The Morgan fingerprint density at radius 3 is 2.13 bits per heavy atom. The predicted octanol–water partition coefficient (Wildman–Crippen LogP) is 2.15. The Morgan fingerprint density at radius 1 is 1.20 bits per heavy atom. The lowest BCUT2D eigenvalue weighted by Crippen LogP contribution is -2.55. The molecule has 0 aromatic carbocycles. The molecule has 0 aromatic heterocycles. The lowest BCUT2D eigenvalue weighted by atomic mass is 9.98. The number of halogens is 1. The predicted molar refractivity (Wildman–Crippen MR) is 62.9 cm³/mol. The summed E-state index contributed by atoms with van der Waals surface area (Å²) in [6.07, 6.45) is 0.252.